The van der Waals surface area contributed by atoms with E-state index in [4.69, 9.17) is 39.5 Å². The van der Waals surface area contributed by atoms with Crippen LogP contribution in [-0.2, 0) is 14.8 Å². The highest BCUT2D eigenvalue weighted by Gasteiger charge is 2.23. The summed E-state index contributed by atoms with van der Waals surface area (Å²) < 4.78 is 32.1. The van der Waals surface area contributed by atoms with Gasteiger partial charge in [-0.1, -0.05) is 40.9 Å². The fourth-order valence-electron chi connectivity index (χ4n) is 2.01. The van der Waals surface area contributed by atoms with Gasteiger partial charge >= 0.3 is 0 Å². The molecule has 0 saturated heterocycles. The van der Waals surface area contributed by atoms with Gasteiger partial charge in [0, 0.05) is 0 Å². The summed E-state index contributed by atoms with van der Waals surface area (Å²) in [6.07, 6.45) is 0. The summed E-state index contributed by atoms with van der Waals surface area (Å²) in [4.78, 5) is 12.2. The molecule has 2 N–H and O–H groups in total. The van der Waals surface area contributed by atoms with Crippen molar-refractivity contribution in [3.05, 3.63) is 51.5 Å². The second kappa shape index (κ2) is 8.45. The van der Waals surface area contributed by atoms with E-state index in [0.29, 0.717) is 5.75 Å². The molecule has 0 aliphatic rings. The van der Waals surface area contributed by atoms with Gasteiger partial charge in [-0.15, -0.1) is 0 Å². The molecular weight excluding hydrogens is 423 g/mol. The molecule has 10 heteroatoms. The van der Waals surface area contributed by atoms with Crippen molar-refractivity contribution in [2.75, 3.05) is 12.4 Å². The monoisotopic (exact) mass is 436 g/mol. The molecule has 0 saturated carbocycles. The lowest BCUT2D eigenvalue weighted by Crippen LogP contribution is -2.41. The topological polar surface area (TPSA) is 84.5 Å². The van der Waals surface area contributed by atoms with Crippen molar-refractivity contribution in [2.45, 2.75) is 17.9 Å². The normalized spacial score (nSPS) is 12.5. The van der Waals surface area contributed by atoms with E-state index < -0.39 is 22.0 Å². The highest BCUT2D eigenvalue weighted by molar-refractivity contribution is 7.89. The fourth-order valence-corrected chi connectivity index (χ4v) is 3.91. The molecule has 0 spiro atoms. The van der Waals surface area contributed by atoms with Crippen LogP contribution in [0.25, 0.3) is 0 Å². The smallest absolute Gasteiger partial charge is 0.242 e. The Morgan fingerprint density at radius 2 is 1.81 bits per heavy atom. The van der Waals surface area contributed by atoms with Gasteiger partial charge < -0.3 is 10.1 Å². The van der Waals surface area contributed by atoms with Crippen molar-refractivity contribution in [3.63, 3.8) is 0 Å². The van der Waals surface area contributed by atoms with Gasteiger partial charge in [0.25, 0.3) is 0 Å². The molecule has 26 heavy (non-hydrogen) atoms. The number of anilines is 1. The van der Waals surface area contributed by atoms with Crippen LogP contribution in [0.15, 0.2) is 41.3 Å². The third-order valence-electron chi connectivity index (χ3n) is 3.37. The summed E-state index contributed by atoms with van der Waals surface area (Å²) in [6, 6.07) is 7.64. The largest absolute Gasteiger partial charge is 0.495 e. The lowest BCUT2D eigenvalue weighted by Gasteiger charge is -2.16. The molecule has 0 aliphatic carbocycles. The maximum Gasteiger partial charge on any atom is 0.242 e. The number of hydrogen-bond donors (Lipinski definition) is 2. The zero-order chi connectivity index (χ0) is 19.5. The molecule has 0 aromatic heterocycles. The van der Waals surface area contributed by atoms with Crippen LogP contribution in [0, 0.1) is 0 Å². The standard InChI is InChI=1S/C16H15Cl3N2O4S/c1-9(16(22)20-13-5-3-4-11(17)15(13)19)21-26(23,24)10-6-7-14(25-2)12(18)8-10/h3-9,21H,1-2H3,(H,20,22)/t9-/m1/s1. The van der Waals surface area contributed by atoms with E-state index in [0.717, 1.165) is 0 Å². The van der Waals surface area contributed by atoms with E-state index in [1.807, 2.05) is 0 Å². The number of methoxy groups -OCH3 is 1. The predicted molar refractivity (Wildman–Crippen MR) is 103 cm³/mol. The molecule has 2 aromatic carbocycles. The zero-order valence-electron chi connectivity index (χ0n) is 13.7. The number of amides is 1. The molecule has 6 nitrogen and oxygen atoms in total. The highest BCUT2D eigenvalue weighted by Crippen LogP contribution is 2.30. The van der Waals surface area contributed by atoms with E-state index in [1.54, 1.807) is 18.2 Å². The number of rotatable bonds is 6. The molecule has 0 unspecified atom stereocenters. The van der Waals surface area contributed by atoms with Crippen molar-refractivity contribution in [1.82, 2.24) is 4.72 Å². The van der Waals surface area contributed by atoms with Gasteiger partial charge in [-0.3, -0.25) is 4.79 Å². The van der Waals surface area contributed by atoms with Crippen LogP contribution in [0.3, 0.4) is 0 Å². The van der Waals surface area contributed by atoms with Crippen molar-refractivity contribution < 1.29 is 17.9 Å². The summed E-state index contributed by atoms with van der Waals surface area (Å²) in [5.74, 6) is -0.260. The van der Waals surface area contributed by atoms with Crippen LogP contribution in [-0.4, -0.2) is 27.5 Å². The minimum Gasteiger partial charge on any atom is -0.495 e. The van der Waals surface area contributed by atoms with E-state index in [1.165, 1.54) is 32.2 Å². The van der Waals surface area contributed by atoms with Gasteiger partial charge in [0.05, 0.1) is 38.8 Å². The van der Waals surface area contributed by atoms with Gasteiger partial charge in [0.1, 0.15) is 5.75 Å². The minimum absolute atomic E-state index is 0.0938. The number of nitrogens with one attached hydrogen (secondary N) is 2. The molecular formula is C16H15Cl3N2O4S. The van der Waals surface area contributed by atoms with Crippen molar-refractivity contribution in [2.24, 2.45) is 0 Å². The Kier molecular flexibility index (Phi) is 6.76. The first-order valence-corrected chi connectivity index (χ1v) is 9.88. The third-order valence-corrected chi connectivity index (χ3v) is 6.02. The van der Waals surface area contributed by atoms with Gasteiger partial charge in [-0.25, -0.2) is 8.42 Å². The van der Waals surface area contributed by atoms with Crippen LogP contribution in [0.4, 0.5) is 5.69 Å². The number of carbonyl (C=O) groups excluding carboxylic acids is 1. The first kappa shape index (κ1) is 20.8. The van der Waals surface area contributed by atoms with Gasteiger partial charge in [-0.2, -0.15) is 4.72 Å². The van der Waals surface area contributed by atoms with Crippen LogP contribution >= 0.6 is 34.8 Å². The Labute approximate surface area is 166 Å². The summed E-state index contributed by atoms with van der Waals surface area (Å²) in [7, 11) is -2.55. The minimum atomic E-state index is -3.97. The SMILES string of the molecule is COc1ccc(S(=O)(=O)N[C@H](C)C(=O)Nc2cccc(Cl)c2Cl)cc1Cl. The van der Waals surface area contributed by atoms with Gasteiger partial charge in [0.2, 0.25) is 15.9 Å². The molecule has 2 aromatic rings. The molecule has 1 atom stereocenters. The molecule has 0 bridgehead atoms. The summed E-state index contributed by atoms with van der Waals surface area (Å²) in [5.41, 5.74) is 0.280. The maximum absolute atomic E-state index is 12.4. The molecule has 2 rings (SSSR count). The lowest BCUT2D eigenvalue weighted by atomic mass is 10.3. The van der Waals surface area contributed by atoms with E-state index in [-0.39, 0.29) is 25.7 Å². The zero-order valence-corrected chi connectivity index (χ0v) is 16.8. The average molecular weight is 438 g/mol. The van der Waals surface area contributed by atoms with Crippen LogP contribution < -0.4 is 14.8 Å². The van der Waals surface area contributed by atoms with Crippen molar-refractivity contribution in [3.8, 4) is 5.75 Å². The quantitative estimate of drug-likeness (QED) is 0.716. The van der Waals surface area contributed by atoms with Gasteiger partial charge in [-0.05, 0) is 37.3 Å². The average Bonchev–Trinajstić information content (AvgIpc) is 2.58. The lowest BCUT2D eigenvalue weighted by molar-refractivity contribution is -0.117. The maximum atomic E-state index is 12.4. The van der Waals surface area contributed by atoms with Crippen LogP contribution in [0.1, 0.15) is 6.92 Å². The first-order valence-electron chi connectivity index (χ1n) is 7.26. The molecule has 1 amide bonds. The molecule has 0 heterocycles. The Hall–Kier alpha value is -1.51. The Balaban J connectivity index is 2.14. The summed E-state index contributed by atoms with van der Waals surface area (Å²) in [5, 5.41) is 3.10. The predicted octanol–water partition coefficient (Wildman–Crippen LogP) is 3.96. The number of carbonyl (C=O) groups is 1. The van der Waals surface area contributed by atoms with Gasteiger partial charge in [0.15, 0.2) is 0 Å². The number of ether oxygens (including phenoxy) is 1. The number of halogens is 3. The highest BCUT2D eigenvalue weighted by atomic mass is 35.5. The number of sulfonamides is 1. The van der Waals surface area contributed by atoms with E-state index >= 15 is 0 Å². The Bertz CT molecular complexity index is 935. The third kappa shape index (κ3) is 4.81. The van der Waals surface area contributed by atoms with Crippen molar-refractivity contribution in [1.29, 1.82) is 0 Å². The van der Waals surface area contributed by atoms with Crippen molar-refractivity contribution >= 4 is 56.4 Å². The number of hydrogen-bond acceptors (Lipinski definition) is 4. The second-order valence-electron chi connectivity index (χ2n) is 5.23. The second-order valence-corrected chi connectivity index (χ2v) is 8.14. The summed E-state index contributed by atoms with van der Waals surface area (Å²) >= 11 is 17.8. The van der Waals surface area contributed by atoms with Crippen LogP contribution in [0.5, 0.6) is 5.75 Å². The molecule has 140 valence electrons. The Morgan fingerprint density at radius 1 is 1.12 bits per heavy atom. The number of benzene rings is 2. The summed E-state index contributed by atoms with van der Waals surface area (Å²) in [6.45, 7) is 1.40. The molecule has 0 fully saturated rings. The first-order chi connectivity index (χ1) is 12.2. The van der Waals surface area contributed by atoms with E-state index in [9.17, 15) is 13.2 Å². The molecule has 0 aliphatic heterocycles. The van der Waals surface area contributed by atoms with Crippen LogP contribution in [0.2, 0.25) is 15.1 Å². The fraction of sp³-hybridized carbons (Fsp3) is 0.188. The van der Waals surface area contributed by atoms with E-state index in [2.05, 4.69) is 10.0 Å². The molecule has 0 radical (unpaired) electrons. The Morgan fingerprint density at radius 3 is 2.42 bits per heavy atom.